The second-order valence-corrected chi connectivity index (χ2v) is 12.5. The zero-order valence-electron chi connectivity index (χ0n) is 25.5. The van der Waals surface area contributed by atoms with E-state index in [1.807, 2.05) is 72.8 Å². The fourth-order valence-corrected chi connectivity index (χ4v) is 7.01. The molecule has 1 aliphatic rings. The fraction of sp³-hybridized carbons (Fsp3) is 0.0714. The molecule has 4 nitrogen and oxygen atoms in total. The maximum atomic E-state index is 6.31. The predicted molar refractivity (Wildman–Crippen MR) is 186 cm³/mol. The van der Waals surface area contributed by atoms with Gasteiger partial charge in [-0.1, -0.05) is 129 Å². The number of rotatable bonds is 4. The van der Waals surface area contributed by atoms with Gasteiger partial charge in [-0.25, -0.2) is 15.0 Å². The number of hydrogen-bond acceptors (Lipinski definition) is 4. The molecule has 0 fully saturated rings. The average molecular weight is 592 g/mol. The van der Waals surface area contributed by atoms with Crippen molar-refractivity contribution >= 4 is 21.9 Å². The molecule has 0 N–H and O–H groups in total. The summed E-state index contributed by atoms with van der Waals surface area (Å²) in [5.74, 6) is 1.96. The Labute approximate surface area is 267 Å². The van der Waals surface area contributed by atoms with Crippen LogP contribution in [0.4, 0.5) is 0 Å². The van der Waals surface area contributed by atoms with E-state index in [2.05, 4.69) is 80.6 Å². The number of furan rings is 1. The lowest BCUT2D eigenvalue weighted by Gasteiger charge is -2.21. The van der Waals surface area contributed by atoms with E-state index in [0.29, 0.717) is 17.5 Å². The minimum atomic E-state index is -0.172. The van der Waals surface area contributed by atoms with Crippen LogP contribution in [0.2, 0.25) is 0 Å². The van der Waals surface area contributed by atoms with E-state index in [9.17, 15) is 0 Å². The summed E-state index contributed by atoms with van der Waals surface area (Å²) in [4.78, 5) is 14.9. The molecule has 0 radical (unpaired) electrons. The zero-order valence-corrected chi connectivity index (χ0v) is 25.5. The largest absolute Gasteiger partial charge is 0.456 e. The van der Waals surface area contributed by atoms with Gasteiger partial charge in [0.1, 0.15) is 11.2 Å². The molecule has 0 saturated carbocycles. The van der Waals surface area contributed by atoms with Crippen molar-refractivity contribution in [2.45, 2.75) is 19.3 Å². The van der Waals surface area contributed by atoms with Gasteiger partial charge in [-0.3, -0.25) is 0 Å². The van der Waals surface area contributed by atoms with Gasteiger partial charge in [0.15, 0.2) is 17.5 Å². The van der Waals surface area contributed by atoms with Crippen molar-refractivity contribution in [2.75, 3.05) is 0 Å². The number of para-hydroxylation sites is 1. The van der Waals surface area contributed by atoms with Crippen molar-refractivity contribution in [1.29, 1.82) is 0 Å². The molecule has 0 atom stereocenters. The summed E-state index contributed by atoms with van der Waals surface area (Å²) in [5.41, 5.74) is 12.0. The van der Waals surface area contributed by atoms with E-state index in [4.69, 9.17) is 19.4 Å². The standard InChI is InChI=1S/C42H29N3O/c1-42(2)34-21-12-20-30(38(34)33-24-32-31-19-9-10-22-36(31)46-37(32)25-35(33)42)28-17-11-18-29(23-28)41-44-39(26-13-5-3-6-14-26)43-40(45-41)27-15-7-4-8-16-27/h3-25H,1-2H3. The Bertz CT molecular complexity index is 2380. The van der Waals surface area contributed by atoms with Crippen LogP contribution in [0, 0.1) is 0 Å². The fourth-order valence-electron chi connectivity index (χ4n) is 7.01. The Morgan fingerprint density at radius 2 is 1.02 bits per heavy atom. The second-order valence-electron chi connectivity index (χ2n) is 12.5. The van der Waals surface area contributed by atoms with Crippen LogP contribution in [-0.4, -0.2) is 15.0 Å². The van der Waals surface area contributed by atoms with E-state index in [-0.39, 0.29) is 5.41 Å². The minimum absolute atomic E-state index is 0.172. The second kappa shape index (κ2) is 10.1. The molecule has 0 amide bonds. The van der Waals surface area contributed by atoms with Gasteiger partial charge in [-0.05, 0) is 57.6 Å². The number of hydrogen-bond donors (Lipinski definition) is 0. The zero-order chi connectivity index (χ0) is 30.8. The van der Waals surface area contributed by atoms with Crippen molar-refractivity contribution in [2.24, 2.45) is 0 Å². The lowest BCUT2D eigenvalue weighted by Crippen LogP contribution is -2.14. The molecule has 218 valence electrons. The molecule has 1 aliphatic carbocycles. The van der Waals surface area contributed by atoms with E-state index in [1.165, 1.54) is 27.8 Å². The first kappa shape index (κ1) is 26.5. The van der Waals surface area contributed by atoms with E-state index < -0.39 is 0 Å². The number of aromatic nitrogens is 3. The highest BCUT2D eigenvalue weighted by Crippen LogP contribution is 2.53. The van der Waals surface area contributed by atoms with E-state index in [1.54, 1.807) is 0 Å². The highest BCUT2D eigenvalue weighted by Gasteiger charge is 2.37. The van der Waals surface area contributed by atoms with Gasteiger partial charge in [0.05, 0.1) is 0 Å². The lowest BCUT2D eigenvalue weighted by atomic mass is 9.82. The summed E-state index contributed by atoms with van der Waals surface area (Å²) >= 11 is 0. The van der Waals surface area contributed by atoms with Crippen LogP contribution < -0.4 is 0 Å². The molecule has 2 aromatic heterocycles. The van der Waals surface area contributed by atoms with Gasteiger partial charge in [-0.2, -0.15) is 0 Å². The molecule has 8 aromatic rings. The monoisotopic (exact) mass is 591 g/mol. The summed E-state index contributed by atoms with van der Waals surface area (Å²) in [5, 5.41) is 2.29. The highest BCUT2D eigenvalue weighted by atomic mass is 16.3. The first-order valence-electron chi connectivity index (χ1n) is 15.6. The minimum Gasteiger partial charge on any atom is -0.456 e. The molecule has 6 aromatic carbocycles. The molecule has 9 rings (SSSR count). The molecule has 4 heteroatoms. The van der Waals surface area contributed by atoms with Gasteiger partial charge < -0.3 is 4.42 Å². The molecule has 2 heterocycles. The average Bonchev–Trinajstić information content (AvgIpc) is 3.59. The van der Waals surface area contributed by atoms with Crippen LogP contribution in [0.3, 0.4) is 0 Å². The molecule has 0 saturated heterocycles. The van der Waals surface area contributed by atoms with Crippen molar-refractivity contribution in [3.8, 4) is 56.4 Å². The summed E-state index contributed by atoms with van der Waals surface area (Å²) in [6.45, 7) is 4.63. The number of fused-ring (bicyclic) bond motifs is 6. The van der Waals surface area contributed by atoms with Crippen molar-refractivity contribution in [3.05, 3.63) is 151 Å². The Morgan fingerprint density at radius 1 is 0.435 bits per heavy atom. The SMILES string of the molecule is CC1(C)c2cc3oc4ccccc4c3cc2-c2c(-c3cccc(-c4nc(-c5ccccc5)nc(-c5ccccc5)n4)c3)cccc21. The molecular formula is C42H29N3O. The molecule has 0 spiro atoms. The topological polar surface area (TPSA) is 51.8 Å². The maximum Gasteiger partial charge on any atom is 0.164 e. The van der Waals surface area contributed by atoms with E-state index in [0.717, 1.165) is 44.2 Å². The summed E-state index contributed by atoms with van der Waals surface area (Å²) < 4.78 is 6.31. The van der Waals surface area contributed by atoms with Crippen molar-refractivity contribution in [1.82, 2.24) is 15.0 Å². The predicted octanol–water partition coefficient (Wildman–Crippen LogP) is 10.7. The molecular weight excluding hydrogens is 562 g/mol. The van der Waals surface area contributed by atoms with Gasteiger partial charge in [-0.15, -0.1) is 0 Å². The van der Waals surface area contributed by atoms with Gasteiger partial charge >= 0.3 is 0 Å². The van der Waals surface area contributed by atoms with E-state index >= 15 is 0 Å². The lowest BCUT2D eigenvalue weighted by molar-refractivity contribution is 0.647. The Hall–Kier alpha value is -5.87. The first-order valence-corrected chi connectivity index (χ1v) is 15.6. The van der Waals surface area contributed by atoms with Gasteiger partial charge in [0, 0.05) is 32.9 Å². The summed E-state index contributed by atoms with van der Waals surface area (Å²) in [6.07, 6.45) is 0. The van der Waals surface area contributed by atoms with Crippen LogP contribution in [0.15, 0.2) is 144 Å². The van der Waals surface area contributed by atoms with Crippen LogP contribution >= 0.6 is 0 Å². The first-order chi connectivity index (χ1) is 22.5. The Balaban J connectivity index is 1.23. The summed E-state index contributed by atoms with van der Waals surface area (Å²) in [7, 11) is 0. The van der Waals surface area contributed by atoms with Gasteiger partial charge in [0.2, 0.25) is 0 Å². The quantitative estimate of drug-likeness (QED) is 0.204. The molecule has 0 aliphatic heterocycles. The van der Waals surface area contributed by atoms with Crippen LogP contribution in [-0.2, 0) is 5.41 Å². The number of benzene rings is 6. The molecule has 0 bridgehead atoms. The summed E-state index contributed by atoms with van der Waals surface area (Å²) in [6, 6.07) is 48.4. The Morgan fingerprint density at radius 3 is 1.74 bits per heavy atom. The smallest absolute Gasteiger partial charge is 0.164 e. The molecule has 46 heavy (non-hydrogen) atoms. The maximum absolute atomic E-state index is 6.31. The third kappa shape index (κ3) is 4.11. The highest BCUT2D eigenvalue weighted by molar-refractivity contribution is 6.08. The normalized spacial score (nSPS) is 13.2. The van der Waals surface area contributed by atoms with Crippen LogP contribution in [0.25, 0.3) is 78.4 Å². The van der Waals surface area contributed by atoms with Crippen molar-refractivity contribution < 1.29 is 4.42 Å². The third-order valence-corrected chi connectivity index (χ3v) is 9.33. The molecule has 0 unspecified atom stereocenters. The van der Waals surface area contributed by atoms with Crippen LogP contribution in [0.1, 0.15) is 25.0 Å². The third-order valence-electron chi connectivity index (χ3n) is 9.33. The van der Waals surface area contributed by atoms with Gasteiger partial charge in [0.25, 0.3) is 0 Å². The van der Waals surface area contributed by atoms with Crippen LogP contribution in [0.5, 0.6) is 0 Å². The number of nitrogens with zero attached hydrogens (tertiary/aromatic N) is 3. The van der Waals surface area contributed by atoms with Crippen molar-refractivity contribution in [3.63, 3.8) is 0 Å². The Kier molecular flexibility index (Phi) is 5.81.